The Morgan fingerprint density at radius 2 is 1.27 bits per heavy atom. The van der Waals surface area contributed by atoms with Crippen LogP contribution in [0.2, 0.25) is 0 Å². The van der Waals surface area contributed by atoms with Crippen LogP contribution in [-0.4, -0.2) is 0 Å². The van der Waals surface area contributed by atoms with Gasteiger partial charge in [-0.25, -0.2) is 0 Å². The molecule has 0 spiro atoms. The molecule has 88 valence electrons. The van der Waals surface area contributed by atoms with Crippen LogP contribution < -0.4 is 0 Å². The molecule has 1 unspecified atom stereocenters. The molecule has 3 saturated carbocycles. The van der Waals surface area contributed by atoms with Crippen molar-refractivity contribution in [2.24, 2.45) is 17.8 Å². The van der Waals surface area contributed by atoms with Gasteiger partial charge in [0, 0.05) is 0 Å². The summed E-state index contributed by atoms with van der Waals surface area (Å²) in [4.78, 5) is 0. The molecule has 0 aliphatic heterocycles. The molecule has 3 rings (SSSR count). The number of rotatable bonds is 1. The van der Waals surface area contributed by atoms with Gasteiger partial charge in [0.15, 0.2) is 0 Å². The minimum Gasteiger partial charge on any atom is -0.0651 e. The monoisotopic (exact) mass is 208 g/mol. The first-order valence-electron chi connectivity index (χ1n) is 7.38. The highest BCUT2D eigenvalue weighted by atomic mass is 14.3. The van der Waals surface area contributed by atoms with Crippen molar-refractivity contribution in [2.75, 3.05) is 0 Å². The Kier molecular flexibility index (Phi) is 4.53. The molecule has 0 aromatic heterocycles. The van der Waals surface area contributed by atoms with Crippen molar-refractivity contribution < 1.29 is 0 Å². The lowest BCUT2D eigenvalue weighted by Crippen LogP contribution is -2.16. The predicted molar refractivity (Wildman–Crippen MR) is 66.9 cm³/mol. The number of fused-ring (bicyclic) bond motifs is 8. The molecule has 0 aromatic rings. The van der Waals surface area contributed by atoms with Gasteiger partial charge in [0.05, 0.1) is 0 Å². The quantitative estimate of drug-likeness (QED) is 0.557. The lowest BCUT2D eigenvalue weighted by Gasteiger charge is -2.30. The van der Waals surface area contributed by atoms with Gasteiger partial charge in [0.1, 0.15) is 0 Å². The van der Waals surface area contributed by atoms with Gasteiger partial charge in [-0.3, -0.25) is 0 Å². The van der Waals surface area contributed by atoms with Crippen LogP contribution in [0.5, 0.6) is 0 Å². The van der Waals surface area contributed by atoms with Crippen molar-refractivity contribution in [1.29, 1.82) is 0 Å². The van der Waals surface area contributed by atoms with Gasteiger partial charge in [0.25, 0.3) is 0 Å². The molecule has 0 N–H and O–H groups in total. The number of hydrogen-bond acceptors (Lipinski definition) is 0. The fourth-order valence-electron chi connectivity index (χ4n) is 3.86. The molecule has 2 bridgehead atoms. The van der Waals surface area contributed by atoms with E-state index in [0.717, 1.165) is 17.8 Å². The third-order valence-corrected chi connectivity index (χ3v) is 4.92. The molecule has 0 saturated heterocycles. The van der Waals surface area contributed by atoms with Crippen molar-refractivity contribution in [3.05, 3.63) is 0 Å². The average Bonchev–Trinajstić information content (AvgIpc) is 2.24. The molecule has 0 aromatic carbocycles. The maximum absolute atomic E-state index is 2.40. The summed E-state index contributed by atoms with van der Waals surface area (Å²) in [5.74, 6) is 3.25. The van der Waals surface area contributed by atoms with E-state index < -0.39 is 0 Å². The Labute approximate surface area is 95.8 Å². The van der Waals surface area contributed by atoms with Crippen LogP contribution in [-0.2, 0) is 0 Å². The van der Waals surface area contributed by atoms with Gasteiger partial charge in [-0.05, 0) is 24.2 Å². The Bertz CT molecular complexity index is 163. The van der Waals surface area contributed by atoms with Gasteiger partial charge >= 0.3 is 0 Å². The molecule has 3 aliphatic carbocycles. The fourth-order valence-corrected chi connectivity index (χ4v) is 3.86. The zero-order chi connectivity index (χ0) is 10.5. The third-order valence-electron chi connectivity index (χ3n) is 4.92. The van der Waals surface area contributed by atoms with Crippen LogP contribution in [0.3, 0.4) is 0 Å². The second-order valence-corrected chi connectivity index (χ2v) is 6.03. The molecular formula is C15H28. The summed E-state index contributed by atoms with van der Waals surface area (Å²) >= 11 is 0. The largest absolute Gasteiger partial charge is 0.0651 e. The van der Waals surface area contributed by atoms with Crippen LogP contribution in [0.15, 0.2) is 0 Å². The Morgan fingerprint density at radius 1 is 0.733 bits per heavy atom. The van der Waals surface area contributed by atoms with E-state index in [1.807, 2.05) is 0 Å². The zero-order valence-electron chi connectivity index (χ0n) is 10.5. The van der Waals surface area contributed by atoms with E-state index in [-0.39, 0.29) is 0 Å². The first kappa shape index (κ1) is 11.5. The molecule has 3 fully saturated rings. The molecule has 1 atom stereocenters. The maximum atomic E-state index is 2.40. The van der Waals surface area contributed by atoms with E-state index in [4.69, 9.17) is 0 Å². The van der Waals surface area contributed by atoms with Crippen molar-refractivity contribution in [1.82, 2.24) is 0 Å². The fraction of sp³-hybridized carbons (Fsp3) is 1.00. The van der Waals surface area contributed by atoms with Gasteiger partial charge in [0.2, 0.25) is 0 Å². The minimum absolute atomic E-state index is 1.06. The van der Waals surface area contributed by atoms with Crippen LogP contribution in [0.25, 0.3) is 0 Å². The molecule has 15 heavy (non-hydrogen) atoms. The van der Waals surface area contributed by atoms with Gasteiger partial charge in [-0.2, -0.15) is 0 Å². The second kappa shape index (κ2) is 5.92. The first-order valence-corrected chi connectivity index (χ1v) is 7.38. The summed E-state index contributed by atoms with van der Waals surface area (Å²) in [7, 11) is 0. The summed E-state index contributed by atoms with van der Waals surface area (Å²) in [6.07, 6.45) is 16.8. The molecule has 0 heteroatoms. The summed E-state index contributed by atoms with van der Waals surface area (Å²) in [6, 6.07) is 0. The van der Waals surface area contributed by atoms with E-state index in [1.165, 1.54) is 32.1 Å². The van der Waals surface area contributed by atoms with Crippen LogP contribution in [0.1, 0.15) is 77.6 Å². The normalized spacial score (nSPS) is 38.6. The van der Waals surface area contributed by atoms with E-state index in [2.05, 4.69) is 6.92 Å². The van der Waals surface area contributed by atoms with E-state index in [0.29, 0.717) is 0 Å². The lowest BCUT2D eigenvalue weighted by atomic mass is 9.76. The SMILES string of the molecule is CCC1CCCC2CCCC(CCC2)C1. The average molecular weight is 208 g/mol. The molecule has 3 aliphatic rings. The topological polar surface area (TPSA) is 0 Å². The number of hydrogen-bond donors (Lipinski definition) is 0. The van der Waals surface area contributed by atoms with Crippen molar-refractivity contribution in [3.8, 4) is 0 Å². The highest BCUT2D eigenvalue weighted by Gasteiger charge is 2.21. The smallest absolute Gasteiger partial charge is 0.0412 e. The Hall–Kier alpha value is 0. The standard InChI is InChI=1S/C15H28/c1-2-13-6-3-7-14-8-4-10-15(12-13)11-5-9-14/h13-15H,2-12H2,1H3. The zero-order valence-corrected chi connectivity index (χ0v) is 10.5. The molecule has 0 heterocycles. The van der Waals surface area contributed by atoms with Crippen LogP contribution >= 0.6 is 0 Å². The van der Waals surface area contributed by atoms with Crippen molar-refractivity contribution >= 4 is 0 Å². The summed E-state index contributed by atoms with van der Waals surface area (Å²) in [5.41, 5.74) is 0. The van der Waals surface area contributed by atoms with Gasteiger partial charge in [-0.15, -0.1) is 0 Å². The van der Waals surface area contributed by atoms with Crippen molar-refractivity contribution in [3.63, 3.8) is 0 Å². The predicted octanol–water partition coefficient (Wildman–Crippen LogP) is 5.17. The van der Waals surface area contributed by atoms with Gasteiger partial charge < -0.3 is 0 Å². The summed E-state index contributed by atoms with van der Waals surface area (Å²) in [6.45, 7) is 2.40. The Balaban J connectivity index is 1.96. The highest BCUT2D eigenvalue weighted by Crippen LogP contribution is 2.36. The first-order chi connectivity index (χ1) is 7.38. The molecule has 0 nitrogen and oxygen atoms in total. The van der Waals surface area contributed by atoms with Crippen LogP contribution in [0.4, 0.5) is 0 Å². The lowest BCUT2D eigenvalue weighted by molar-refractivity contribution is 0.229. The van der Waals surface area contributed by atoms with Crippen LogP contribution in [0, 0.1) is 17.8 Å². The molecule has 0 amide bonds. The second-order valence-electron chi connectivity index (χ2n) is 6.03. The highest BCUT2D eigenvalue weighted by molar-refractivity contribution is 4.74. The third kappa shape index (κ3) is 3.50. The maximum Gasteiger partial charge on any atom is -0.0412 e. The van der Waals surface area contributed by atoms with E-state index in [1.54, 1.807) is 38.5 Å². The summed E-state index contributed by atoms with van der Waals surface area (Å²) < 4.78 is 0. The Morgan fingerprint density at radius 3 is 1.87 bits per heavy atom. The van der Waals surface area contributed by atoms with E-state index in [9.17, 15) is 0 Å². The molecular weight excluding hydrogens is 180 g/mol. The van der Waals surface area contributed by atoms with Gasteiger partial charge in [-0.1, -0.05) is 71.1 Å². The summed E-state index contributed by atoms with van der Waals surface area (Å²) in [5, 5.41) is 0. The molecule has 0 radical (unpaired) electrons. The van der Waals surface area contributed by atoms with Crippen molar-refractivity contribution in [2.45, 2.75) is 77.6 Å². The van der Waals surface area contributed by atoms with E-state index >= 15 is 0 Å². The minimum atomic E-state index is 1.06.